The summed E-state index contributed by atoms with van der Waals surface area (Å²) in [4.78, 5) is 29.5. The molecule has 0 unspecified atom stereocenters. The van der Waals surface area contributed by atoms with Gasteiger partial charge in [0.1, 0.15) is 0 Å². The molecule has 1 aliphatic carbocycles. The monoisotopic (exact) mass is 591 g/mol. The van der Waals surface area contributed by atoms with Crippen LogP contribution in [0.1, 0.15) is 61.1 Å². The van der Waals surface area contributed by atoms with E-state index in [0.29, 0.717) is 23.3 Å². The molecule has 6 rings (SSSR count). The molecule has 39 heavy (non-hydrogen) atoms. The van der Waals surface area contributed by atoms with Crippen molar-refractivity contribution in [2.24, 2.45) is 0 Å². The Morgan fingerprint density at radius 1 is 1.10 bits per heavy atom. The quantitative estimate of drug-likeness (QED) is 0.411. The molecule has 7 nitrogen and oxygen atoms in total. The first-order valence-electron chi connectivity index (χ1n) is 14.3. The van der Waals surface area contributed by atoms with Gasteiger partial charge in [-0.1, -0.05) is 22.0 Å². The predicted octanol–water partition coefficient (Wildman–Crippen LogP) is 5.10. The smallest absolute Gasteiger partial charge is 0.254 e. The highest BCUT2D eigenvalue weighted by molar-refractivity contribution is 9.10. The van der Waals surface area contributed by atoms with Gasteiger partial charge in [0.05, 0.1) is 17.7 Å². The fraction of sp³-hybridized carbons (Fsp3) is 0.516. The Balaban J connectivity index is 1.12. The van der Waals surface area contributed by atoms with E-state index < -0.39 is 0 Å². The van der Waals surface area contributed by atoms with E-state index in [-0.39, 0.29) is 17.6 Å². The van der Waals surface area contributed by atoms with Gasteiger partial charge in [-0.15, -0.1) is 0 Å². The van der Waals surface area contributed by atoms with Gasteiger partial charge in [0.15, 0.2) is 5.65 Å². The minimum Gasteiger partial charge on any atom is -0.376 e. The second-order valence-corrected chi connectivity index (χ2v) is 12.5. The van der Waals surface area contributed by atoms with Crippen LogP contribution in [0.3, 0.4) is 0 Å². The Hall–Kier alpha value is -2.39. The van der Waals surface area contributed by atoms with E-state index in [1.54, 1.807) is 12.4 Å². The number of aromatic nitrogens is 2. The first-order valence-corrected chi connectivity index (χ1v) is 15.1. The maximum absolute atomic E-state index is 13.5. The third-order valence-corrected chi connectivity index (χ3v) is 9.74. The lowest BCUT2D eigenvalue weighted by molar-refractivity contribution is -0.0630. The Morgan fingerprint density at radius 3 is 2.67 bits per heavy atom. The van der Waals surface area contributed by atoms with Gasteiger partial charge >= 0.3 is 0 Å². The highest BCUT2D eigenvalue weighted by atomic mass is 79.9. The second kappa shape index (κ2) is 10.9. The van der Waals surface area contributed by atoms with Crippen LogP contribution in [-0.2, 0) is 11.2 Å². The number of rotatable bonds is 5. The molecule has 8 heteroatoms. The third kappa shape index (κ3) is 5.01. The van der Waals surface area contributed by atoms with Gasteiger partial charge < -0.3 is 9.64 Å². The maximum atomic E-state index is 13.5. The minimum atomic E-state index is 0.0872. The van der Waals surface area contributed by atoms with Crippen LogP contribution in [0.25, 0.3) is 11.0 Å². The van der Waals surface area contributed by atoms with Gasteiger partial charge in [0.2, 0.25) is 0 Å². The zero-order valence-corrected chi connectivity index (χ0v) is 24.7. The van der Waals surface area contributed by atoms with Crippen LogP contribution < -0.4 is 0 Å². The van der Waals surface area contributed by atoms with E-state index in [2.05, 4.69) is 74.7 Å². The number of pyridine rings is 2. The second-order valence-electron chi connectivity index (χ2n) is 11.5. The first kappa shape index (κ1) is 26.8. The van der Waals surface area contributed by atoms with Crippen molar-refractivity contribution < 1.29 is 9.53 Å². The SMILES string of the molecule is CCO[C@@H]1Cc2cc(Br)ccc2[C@@H]1N1CCN(C2(C)CCN(C(=O)c3ccnc4ncccc34)CC2)C[C@@H]1C. The Labute approximate surface area is 239 Å². The van der Waals surface area contributed by atoms with Crippen LogP contribution in [0.2, 0.25) is 0 Å². The van der Waals surface area contributed by atoms with Crippen molar-refractivity contribution in [3.05, 3.63) is 70.0 Å². The number of carbonyl (C=O) groups is 1. The van der Waals surface area contributed by atoms with E-state index in [1.165, 1.54) is 11.1 Å². The number of fused-ring (bicyclic) bond motifs is 2. The fourth-order valence-corrected chi connectivity index (χ4v) is 7.46. The van der Waals surface area contributed by atoms with Crippen LogP contribution in [0.15, 0.2) is 53.3 Å². The van der Waals surface area contributed by atoms with Gasteiger partial charge in [-0.2, -0.15) is 0 Å². The highest BCUT2D eigenvalue weighted by Crippen LogP contribution is 2.42. The van der Waals surface area contributed by atoms with Crippen LogP contribution in [0, 0.1) is 0 Å². The summed E-state index contributed by atoms with van der Waals surface area (Å²) in [7, 11) is 0. The molecular formula is C31H38BrN5O2. The largest absolute Gasteiger partial charge is 0.376 e. The summed E-state index contributed by atoms with van der Waals surface area (Å²) >= 11 is 3.66. The van der Waals surface area contributed by atoms with Gasteiger partial charge in [0, 0.05) is 79.6 Å². The minimum absolute atomic E-state index is 0.0872. The van der Waals surface area contributed by atoms with Crippen LogP contribution in [0.4, 0.5) is 0 Å². The molecule has 2 aromatic heterocycles. The topological polar surface area (TPSA) is 61.8 Å². The predicted molar refractivity (Wildman–Crippen MR) is 157 cm³/mol. The lowest BCUT2D eigenvalue weighted by Gasteiger charge is -2.53. The number of carbonyl (C=O) groups excluding carboxylic acids is 1. The number of amides is 1. The summed E-state index contributed by atoms with van der Waals surface area (Å²) in [5.41, 5.74) is 4.25. The summed E-state index contributed by atoms with van der Waals surface area (Å²) in [6.45, 7) is 12.2. The molecule has 2 aliphatic heterocycles. The summed E-state index contributed by atoms with van der Waals surface area (Å²) in [5, 5.41) is 0.828. The maximum Gasteiger partial charge on any atom is 0.254 e. The molecule has 1 aromatic carbocycles. The zero-order valence-electron chi connectivity index (χ0n) is 23.1. The average molecular weight is 593 g/mol. The van der Waals surface area contributed by atoms with Crippen molar-refractivity contribution in [1.29, 1.82) is 0 Å². The van der Waals surface area contributed by atoms with Crippen molar-refractivity contribution in [1.82, 2.24) is 24.7 Å². The van der Waals surface area contributed by atoms with Gasteiger partial charge in [0.25, 0.3) is 5.91 Å². The lowest BCUT2D eigenvalue weighted by Crippen LogP contribution is -2.62. The van der Waals surface area contributed by atoms with Gasteiger partial charge in [-0.25, -0.2) is 9.97 Å². The van der Waals surface area contributed by atoms with Crippen molar-refractivity contribution >= 4 is 32.9 Å². The number of nitrogens with zero attached hydrogens (tertiary/aromatic N) is 5. The van der Waals surface area contributed by atoms with E-state index in [1.807, 2.05) is 23.1 Å². The summed E-state index contributed by atoms with van der Waals surface area (Å²) in [6.07, 6.45) is 6.55. The summed E-state index contributed by atoms with van der Waals surface area (Å²) < 4.78 is 7.42. The first-order chi connectivity index (χ1) is 18.9. The van der Waals surface area contributed by atoms with Crippen molar-refractivity contribution in [2.75, 3.05) is 39.3 Å². The number of benzene rings is 1. The number of likely N-dealkylation sites (tertiary alicyclic amines) is 1. The molecule has 206 valence electrons. The average Bonchev–Trinajstić information content (AvgIpc) is 3.29. The molecule has 3 aromatic rings. The van der Waals surface area contributed by atoms with E-state index in [0.717, 1.165) is 68.5 Å². The molecule has 0 spiro atoms. The fourth-order valence-electron chi connectivity index (χ4n) is 7.05. The highest BCUT2D eigenvalue weighted by Gasteiger charge is 2.44. The molecule has 0 radical (unpaired) electrons. The number of hydrogen-bond acceptors (Lipinski definition) is 6. The van der Waals surface area contributed by atoms with Crippen molar-refractivity contribution in [3.63, 3.8) is 0 Å². The van der Waals surface area contributed by atoms with Crippen LogP contribution >= 0.6 is 15.9 Å². The molecule has 0 saturated carbocycles. The Bertz CT molecular complexity index is 1350. The molecule has 2 saturated heterocycles. The van der Waals surface area contributed by atoms with Crippen molar-refractivity contribution in [3.8, 4) is 0 Å². The number of halogens is 1. The summed E-state index contributed by atoms with van der Waals surface area (Å²) in [6, 6.07) is 13.1. The Kier molecular flexibility index (Phi) is 7.48. The molecule has 3 atom stereocenters. The van der Waals surface area contributed by atoms with Crippen LogP contribution in [-0.4, -0.2) is 87.6 Å². The molecule has 0 bridgehead atoms. The Morgan fingerprint density at radius 2 is 1.90 bits per heavy atom. The number of hydrogen-bond donors (Lipinski definition) is 0. The number of ether oxygens (including phenoxy) is 1. The van der Waals surface area contributed by atoms with Gasteiger partial charge in [-0.05, 0) is 75.1 Å². The molecule has 2 fully saturated rings. The molecule has 4 heterocycles. The summed E-state index contributed by atoms with van der Waals surface area (Å²) in [5.74, 6) is 0.0872. The van der Waals surface area contributed by atoms with E-state index >= 15 is 0 Å². The normalized spacial score (nSPS) is 25.6. The zero-order chi connectivity index (χ0) is 27.1. The van der Waals surface area contributed by atoms with Gasteiger partial charge in [-0.3, -0.25) is 14.6 Å². The molecule has 3 aliphatic rings. The van der Waals surface area contributed by atoms with E-state index in [9.17, 15) is 4.79 Å². The van der Waals surface area contributed by atoms with Crippen LogP contribution in [0.5, 0.6) is 0 Å². The molecule has 1 amide bonds. The third-order valence-electron chi connectivity index (χ3n) is 9.25. The van der Waals surface area contributed by atoms with Crippen molar-refractivity contribution in [2.45, 2.75) is 63.8 Å². The molecule has 0 N–H and O–H groups in total. The standard InChI is InChI=1S/C31H38BrN5O2/c1-4-39-27-19-22-18-23(32)7-8-24(22)28(27)37-17-16-36(20-21(37)2)31(3)10-14-35(15-11-31)30(38)26-9-13-34-29-25(26)6-5-12-33-29/h5-9,12-13,18,21,27-28H,4,10-11,14-17,19-20H2,1-3H3/t21-,27+,28-/m0/s1. The molecular weight excluding hydrogens is 554 g/mol. The number of piperazine rings is 1. The number of piperidine rings is 1. The van der Waals surface area contributed by atoms with E-state index in [4.69, 9.17) is 4.74 Å². The lowest BCUT2D eigenvalue weighted by atomic mass is 9.86.